The van der Waals surface area contributed by atoms with Gasteiger partial charge in [0.2, 0.25) is 5.13 Å². The van der Waals surface area contributed by atoms with Crippen molar-refractivity contribution in [2.75, 3.05) is 0 Å². The summed E-state index contributed by atoms with van der Waals surface area (Å²) in [6.45, 7) is 6.01. The van der Waals surface area contributed by atoms with Crippen molar-refractivity contribution >= 4 is 63.2 Å². The first-order valence-electron chi connectivity index (χ1n) is 10.8. The topological polar surface area (TPSA) is 83.8 Å². The zero-order valence-electron chi connectivity index (χ0n) is 19.0. The highest BCUT2D eigenvalue weighted by molar-refractivity contribution is 8.01. The molecule has 0 unspecified atom stereocenters. The molecule has 0 atom stereocenters. The molecule has 0 radical (unpaired) electrons. The van der Waals surface area contributed by atoms with Gasteiger partial charge in [-0.25, -0.2) is 9.78 Å². The number of nitrogens with one attached hydrogen (secondary N) is 1. The molecule has 35 heavy (non-hydrogen) atoms. The molecular formula is C25H20Cl2N4O2S2. The van der Waals surface area contributed by atoms with Crippen LogP contribution < -0.4 is 0 Å². The molecule has 3 aromatic heterocycles. The number of aryl methyl sites for hydroxylation is 1. The summed E-state index contributed by atoms with van der Waals surface area (Å²) in [5.74, 6) is -1.08. The number of halogens is 2. The van der Waals surface area contributed by atoms with Crippen LogP contribution in [0.1, 0.15) is 30.0 Å². The third-order valence-electron chi connectivity index (χ3n) is 5.42. The Balaban J connectivity index is 1.72. The average Bonchev–Trinajstić information content (AvgIpc) is 3.52. The van der Waals surface area contributed by atoms with E-state index in [9.17, 15) is 9.90 Å². The van der Waals surface area contributed by atoms with Crippen LogP contribution in [0.2, 0.25) is 10.0 Å². The van der Waals surface area contributed by atoms with Crippen LogP contribution in [-0.4, -0.2) is 36.1 Å². The molecule has 178 valence electrons. The number of thiazole rings is 1. The molecule has 5 rings (SSSR count). The first-order chi connectivity index (χ1) is 16.7. The third kappa shape index (κ3) is 4.36. The van der Waals surface area contributed by atoms with Gasteiger partial charge in [-0.1, -0.05) is 72.7 Å². The molecule has 3 heterocycles. The minimum atomic E-state index is -1.08. The van der Waals surface area contributed by atoms with E-state index in [0.717, 1.165) is 31.9 Å². The SMILES string of the molecule is Cc1nn(-c2nc(-c3ccc(Cl)c(Cl)c3)c(SC(C)C)s2)c(C(=O)O)c1-c1cccc2cc[nH]c12. The summed E-state index contributed by atoms with van der Waals surface area (Å²) in [6, 6.07) is 13.1. The molecule has 5 aromatic rings. The van der Waals surface area contributed by atoms with Gasteiger partial charge in [-0.2, -0.15) is 9.78 Å². The maximum Gasteiger partial charge on any atom is 0.355 e. The van der Waals surface area contributed by atoms with E-state index >= 15 is 0 Å². The predicted molar refractivity (Wildman–Crippen MR) is 145 cm³/mol. The van der Waals surface area contributed by atoms with E-state index < -0.39 is 5.97 Å². The van der Waals surface area contributed by atoms with Gasteiger partial charge in [-0.3, -0.25) is 0 Å². The Hall–Kier alpha value is -2.78. The molecule has 0 fully saturated rings. The van der Waals surface area contributed by atoms with E-state index in [1.165, 1.54) is 16.0 Å². The number of para-hydroxylation sites is 1. The lowest BCUT2D eigenvalue weighted by Gasteiger charge is -2.06. The van der Waals surface area contributed by atoms with E-state index in [-0.39, 0.29) is 5.69 Å². The number of thioether (sulfide) groups is 1. The van der Waals surface area contributed by atoms with Crippen LogP contribution in [0.4, 0.5) is 0 Å². The Bertz CT molecular complexity index is 1590. The second-order valence-corrected chi connectivity index (χ2v) is 11.8. The fourth-order valence-corrected chi connectivity index (χ4v) is 6.76. The molecule has 0 amide bonds. The molecule has 0 bridgehead atoms. The maximum atomic E-state index is 12.6. The maximum absolute atomic E-state index is 12.6. The summed E-state index contributed by atoms with van der Waals surface area (Å²) in [7, 11) is 0. The third-order valence-corrected chi connectivity index (χ3v) is 8.40. The number of hydrogen-bond acceptors (Lipinski definition) is 5. The summed E-state index contributed by atoms with van der Waals surface area (Å²) in [6.07, 6.45) is 1.84. The molecule has 6 nitrogen and oxygen atoms in total. The minimum Gasteiger partial charge on any atom is -0.476 e. The highest BCUT2D eigenvalue weighted by Gasteiger charge is 2.27. The van der Waals surface area contributed by atoms with Gasteiger partial charge in [0, 0.05) is 28.1 Å². The first-order valence-corrected chi connectivity index (χ1v) is 13.2. The van der Waals surface area contributed by atoms with Gasteiger partial charge < -0.3 is 10.1 Å². The van der Waals surface area contributed by atoms with Crippen molar-refractivity contribution in [1.29, 1.82) is 0 Å². The Kier molecular flexibility index (Phi) is 6.40. The lowest BCUT2D eigenvalue weighted by atomic mass is 10.0. The normalized spacial score (nSPS) is 11.6. The Morgan fingerprint density at radius 1 is 1.17 bits per heavy atom. The Morgan fingerprint density at radius 2 is 1.97 bits per heavy atom. The highest BCUT2D eigenvalue weighted by Crippen LogP contribution is 2.42. The lowest BCUT2D eigenvalue weighted by molar-refractivity contribution is 0.0688. The average molecular weight is 544 g/mol. The van der Waals surface area contributed by atoms with Crippen molar-refractivity contribution in [3.05, 3.63) is 70.1 Å². The van der Waals surface area contributed by atoms with E-state index in [0.29, 0.717) is 31.7 Å². The quantitative estimate of drug-likeness (QED) is 0.212. The second kappa shape index (κ2) is 9.35. The number of nitrogens with zero attached hydrogens (tertiary/aromatic N) is 3. The van der Waals surface area contributed by atoms with E-state index in [4.69, 9.17) is 28.2 Å². The van der Waals surface area contributed by atoms with Crippen LogP contribution >= 0.6 is 46.3 Å². The number of aromatic nitrogens is 4. The number of carbonyl (C=O) groups is 1. The van der Waals surface area contributed by atoms with Crippen molar-refractivity contribution in [2.45, 2.75) is 30.2 Å². The van der Waals surface area contributed by atoms with E-state index in [1.54, 1.807) is 23.9 Å². The number of carboxylic acids is 1. The number of aromatic carboxylic acids is 1. The first kappa shape index (κ1) is 23.9. The number of carboxylic acid groups (broad SMARTS) is 1. The molecule has 0 saturated carbocycles. The largest absolute Gasteiger partial charge is 0.476 e. The van der Waals surface area contributed by atoms with Gasteiger partial charge in [0.25, 0.3) is 0 Å². The zero-order chi connectivity index (χ0) is 24.9. The summed E-state index contributed by atoms with van der Waals surface area (Å²) in [4.78, 5) is 20.6. The lowest BCUT2D eigenvalue weighted by Crippen LogP contribution is -2.09. The molecule has 0 saturated heterocycles. The van der Waals surface area contributed by atoms with Crippen LogP contribution in [0, 0.1) is 6.92 Å². The van der Waals surface area contributed by atoms with Gasteiger partial charge in [0.05, 0.1) is 31.2 Å². The van der Waals surface area contributed by atoms with Crippen molar-refractivity contribution < 1.29 is 9.90 Å². The van der Waals surface area contributed by atoms with Gasteiger partial charge in [-0.15, -0.1) is 11.8 Å². The number of aromatic amines is 1. The highest BCUT2D eigenvalue weighted by atomic mass is 35.5. The van der Waals surface area contributed by atoms with Crippen molar-refractivity contribution in [1.82, 2.24) is 19.7 Å². The molecule has 2 N–H and O–H groups in total. The van der Waals surface area contributed by atoms with Gasteiger partial charge in [-0.05, 0) is 30.5 Å². The zero-order valence-corrected chi connectivity index (χ0v) is 22.1. The van der Waals surface area contributed by atoms with Crippen LogP contribution in [-0.2, 0) is 0 Å². The van der Waals surface area contributed by atoms with Crippen molar-refractivity contribution in [3.63, 3.8) is 0 Å². The standard InChI is InChI=1S/C25H20Cl2N4O2S2/c1-12(2)34-24-21(15-7-8-17(26)18(27)11-15)29-25(35-24)31-22(23(32)33)19(13(3)30-31)16-6-4-5-14-9-10-28-20(14)16/h4-12,28H,1-3H3,(H,32,33). The Labute approximate surface area is 219 Å². The van der Waals surface area contributed by atoms with Crippen LogP contribution in [0.15, 0.2) is 52.9 Å². The molecule has 10 heteroatoms. The molecule has 0 spiro atoms. The molecular weight excluding hydrogens is 523 g/mol. The summed E-state index contributed by atoms with van der Waals surface area (Å²) in [5.41, 5.74) is 4.42. The molecule has 2 aromatic carbocycles. The van der Waals surface area contributed by atoms with E-state index in [2.05, 4.69) is 23.9 Å². The molecule has 0 aliphatic heterocycles. The van der Waals surface area contributed by atoms with Crippen LogP contribution in [0.25, 0.3) is 38.4 Å². The number of fused-ring (bicyclic) bond motifs is 1. The van der Waals surface area contributed by atoms with Gasteiger partial charge in [0.1, 0.15) is 0 Å². The van der Waals surface area contributed by atoms with Gasteiger partial charge in [0.15, 0.2) is 5.69 Å². The summed E-state index contributed by atoms with van der Waals surface area (Å²) in [5, 5.41) is 17.6. The van der Waals surface area contributed by atoms with E-state index in [1.807, 2.05) is 43.5 Å². The summed E-state index contributed by atoms with van der Waals surface area (Å²) < 4.78 is 2.39. The smallest absolute Gasteiger partial charge is 0.355 e. The van der Waals surface area contributed by atoms with Crippen molar-refractivity contribution in [2.24, 2.45) is 0 Å². The van der Waals surface area contributed by atoms with Crippen molar-refractivity contribution in [3.8, 4) is 27.5 Å². The minimum absolute atomic E-state index is 0.0696. The predicted octanol–water partition coefficient (Wildman–Crippen LogP) is 7.96. The fraction of sp³-hybridized carbons (Fsp3) is 0.160. The fourth-order valence-electron chi connectivity index (χ4n) is 3.98. The number of rotatable bonds is 6. The number of H-pyrrole nitrogens is 1. The summed E-state index contributed by atoms with van der Waals surface area (Å²) >= 11 is 15.5. The molecule has 0 aliphatic carbocycles. The monoisotopic (exact) mass is 542 g/mol. The van der Waals surface area contributed by atoms with Gasteiger partial charge >= 0.3 is 5.97 Å². The second-order valence-electron chi connectivity index (χ2n) is 8.20. The Morgan fingerprint density at radius 3 is 2.69 bits per heavy atom. The molecule has 0 aliphatic rings. The van der Waals surface area contributed by atoms with Crippen LogP contribution in [0.5, 0.6) is 0 Å². The number of hydrogen-bond donors (Lipinski definition) is 2. The van der Waals surface area contributed by atoms with Crippen LogP contribution in [0.3, 0.4) is 0 Å². The number of benzene rings is 2.